The SMILES string of the molecule is NC(=O)CN(Cc1ccc(N)cc1)CC(F)(F)F. The Morgan fingerprint density at radius 1 is 1.22 bits per heavy atom. The number of halogens is 3. The molecule has 1 aromatic carbocycles. The number of hydrogen-bond donors (Lipinski definition) is 2. The van der Waals surface area contributed by atoms with Crippen molar-refractivity contribution in [1.29, 1.82) is 0 Å². The molecule has 0 spiro atoms. The lowest BCUT2D eigenvalue weighted by Crippen LogP contribution is -2.39. The second kappa shape index (κ2) is 5.72. The maximum atomic E-state index is 12.3. The van der Waals surface area contributed by atoms with E-state index < -0.39 is 25.2 Å². The summed E-state index contributed by atoms with van der Waals surface area (Å²) in [5, 5.41) is 0. The first-order valence-corrected chi connectivity index (χ1v) is 5.18. The Hall–Kier alpha value is -1.76. The van der Waals surface area contributed by atoms with Gasteiger partial charge in [-0.05, 0) is 17.7 Å². The molecule has 4 nitrogen and oxygen atoms in total. The van der Waals surface area contributed by atoms with Crippen LogP contribution in [-0.4, -0.2) is 30.1 Å². The van der Waals surface area contributed by atoms with Crippen molar-refractivity contribution in [1.82, 2.24) is 4.90 Å². The molecule has 0 radical (unpaired) electrons. The van der Waals surface area contributed by atoms with Crippen molar-refractivity contribution in [2.24, 2.45) is 5.73 Å². The number of nitrogen functional groups attached to an aromatic ring is 1. The van der Waals surface area contributed by atoms with E-state index in [4.69, 9.17) is 11.5 Å². The van der Waals surface area contributed by atoms with Gasteiger partial charge in [-0.15, -0.1) is 0 Å². The van der Waals surface area contributed by atoms with Crippen LogP contribution >= 0.6 is 0 Å². The highest BCUT2D eigenvalue weighted by molar-refractivity contribution is 5.75. The minimum atomic E-state index is -4.37. The quantitative estimate of drug-likeness (QED) is 0.780. The number of nitrogens with zero attached hydrogens (tertiary/aromatic N) is 1. The fraction of sp³-hybridized carbons (Fsp3) is 0.364. The Morgan fingerprint density at radius 3 is 2.22 bits per heavy atom. The third-order valence-corrected chi connectivity index (χ3v) is 2.17. The molecule has 4 N–H and O–H groups in total. The molecule has 0 aromatic heterocycles. The number of nitrogens with two attached hydrogens (primary N) is 2. The number of hydrogen-bond acceptors (Lipinski definition) is 3. The van der Waals surface area contributed by atoms with Crippen LogP contribution in [0, 0.1) is 0 Å². The normalized spacial score (nSPS) is 11.8. The average molecular weight is 261 g/mol. The van der Waals surface area contributed by atoms with Crippen molar-refractivity contribution >= 4 is 11.6 Å². The highest BCUT2D eigenvalue weighted by Gasteiger charge is 2.31. The zero-order chi connectivity index (χ0) is 13.8. The average Bonchev–Trinajstić information content (AvgIpc) is 2.18. The van der Waals surface area contributed by atoms with Gasteiger partial charge in [0.1, 0.15) is 0 Å². The lowest BCUT2D eigenvalue weighted by molar-refractivity contribution is -0.149. The fourth-order valence-corrected chi connectivity index (χ4v) is 1.52. The summed E-state index contributed by atoms with van der Waals surface area (Å²) in [5.74, 6) is -0.797. The third-order valence-electron chi connectivity index (χ3n) is 2.17. The zero-order valence-corrected chi connectivity index (χ0v) is 9.57. The van der Waals surface area contributed by atoms with E-state index >= 15 is 0 Å². The first-order chi connectivity index (χ1) is 8.26. The van der Waals surface area contributed by atoms with Gasteiger partial charge in [0.15, 0.2) is 0 Å². The van der Waals surface area contributed by atoms with E-state index in [1.165, 1.54) is 0 Å². The summed E-state index contributed by atoms with van der Waals surface area (Å²) >= 11 is 0. The highest BCUT2D eigenvalue weighted by Crippen LogP contribution is 2.18. The van der Waals surface area contributed by atoms with Gasteiger partial charge in [0.2, 0.25) is 5.91 Å². The van der Waals surface area contributed by atoms with Crippen LogP contribution < -0.4 is 11.5 Å². The van der Waals surface area contributed by atoms with Gasteiger partial charge in [0.05, 0.1) is 13.1 Å². The van der Waals surface area contributed by atoms with Gasteiger partial charge in [0, 0.05) is 12.2 Å². The monoisotopic (exact) mass is 261 g/mol. The van der Waals surface area contributed by atoms with Crippen LogP contribution in [0.15, 0.2) is 24.3 Å². The van der Waals surface area contributed by atoms with Crippen LogP contribution in [0.25, 0.3) is 0 Å². The summed E-state index contributed by atoms with van der Waals surface area (Å²) in [6, 6.07) is 6.40. The summed E-state index contributed by atoms with van der Waals surface area (Å²) in [7, 11) is 0. The molecule has 0 atom stereocenters. The molecule has 1 aromatic rings. The highest BCUT2D eigenvalue weighted by atomic mass is 19.4. The molecule has 0 saturated heterocycles. The summed E-state index contributed by atoms with van der Waals surface area (Å²) in [4.78, 5) is 11.7. The van der Waals surface area contributed by atoms with E-state index in [0.717, 1.165) is 4.90 Å². The largest absolute Gasteiger partial charge is 0.401 e. The summed E-state index contributed by atoms with van der Waals surface area (Å²) in [6.45, 7) is -1.63. The van der Waals surface area contributed by atoms with Crippen molar-refractivity contribution in [3.05, 3.63) is 29.8 Å². The minimum Gasteiger partial charge on any atom is -0.399 e. The van der Waals surface area contributed by atoms with E-state index in [9.17, 15) is 18.0 Å². The number of alkyl halides is 3. The van der Waals surface area contributed by atoms with Gasteiger partial charge in [0.25, 0.3) is 0 Å². The number of anilines is 1. The van der Waals surface area contributed by atoms with E-state index in [2.05, 4.69) is 0 Å². The van der Waals surface area contributed by atoms with Crippen molar-refractivity contribution < 1.29 is 18.0 Å². The molecule has 0 unspecified atom stereocenters. The summed E-state index contributed by atoms with van der Waals surface area (Å²) < 4.78 is 36.9. The van der Waals surface area contributed by atoms with Gasteiger partial charge in [-0.2, -0.15) is 13.2 Å². The summed E-state index contributed by atoms with van der Waals surface area (Å²) in [5.41, 5.74) is 11.6. The summed E-state index contributed by atoms with van der Waals surface area (Å²) in [6.07, 6.45) is -4.37. The Bertz CT molecular complexity index is 403. The predicted molar refractivity (Wildman–Crippen MR) is 61.4 cm³/mol. The van der Waals surface area contributed by atoms with Crippen LogP contribution in [-0.2, 0) is 11.3 Å². The molecule has 1 rings (SSSR count). The zero-order valence-electron chi connectivity index (χ0n) is 9.57. The number of rotatable bonds is 5. The Balaban J connectivity index is 2.71. The van der Waals surface area contributed by atoms with Gasteiger partial charge in [-0.3, -0.25) is 9.69 Å². The topological polar surface area (TPSA) is 72.4 Å². The van der Waals surface area contributed by atoms with Crippen LogP contribution in [0.5, 0.6) is 0 Å². The second-order valence-electron chi connectivity index (χ2n) is 3.97. The minimum absolute atomic E-state index is 0.0112. The molecular formula is C11H14F3N3O. The van der Waals surface area contributed by atoms with Crippen LogP contribution in [0.1, 0.15) is 5.56 Å². The Morgan fingerprint density at radius 2 is 1.78 bits per heavy atom. The first kappa shape index (κ1) is 14.3. The van der Waals surface area contributed by atoms with Crippen molar-refractivity contribution in [2.75, 3.05) is 18.8 Å². The van der Waals surface area contributed by atoms with Crippen LogP contribution in [0.3, 0.4) is 0 Å². The number of carbonyl (C=O) groups excluding carboxylic acids is 1. The second-order valence-corrected chi connectivity index (χ2v) is 3.97. The van der Waals surface area contributed by atoms with Crippen molar-refractivity contribution in [3.63, 3.8) is 0 Å². The molecule has 18 heavy (non-hydrogen) atoms. The van der Waals surface area contributed by atoms with Crippen LogP contribution in [0.4, 0.5) is 18.9 Å². The lowest BCUT2D eigenvalue weighted by atomic mass is 10.2. The van der Waals surface area contributed by atoms with Gasteiger partial charge < -0.3 is 11.5 Å². The third kappa shape index (κ3) is 5.53. The van der Waals surface area contributed by atoms with Gasteiger partial charge in [-0.1, -0.05) is 12.1 Å². The maximum absolute atomic E-state index is 12.3. The molecule has 7 heteroatoms. The molecule has 0 bridgehead atoms. The van der Waals surface area contributed by atoms with Gasteiger partial charge >= 0.3 is 6.18 Å². The molecule has 0 aliphatic heterocycles. The molecular weight excluding hydrogens is 247 g/mol. The van der Waals surface area contributed by atoms with E-state index in [-0.39, 0.29) is 6.54 Å². The molecule has 0 fully saturated rings. The molecule has 0 saturated carbocycles. The standard InChI is InChI=1S/C11H14F3N3O/c12-11(13,14)7-17(6-10(16)18)5-8-1-3-9(15)4-2-8/h1-4H,5-7,15H2,(H2,16,18). The smallest absolute Gasteiger partial charge is 0.399 e. The molecule has 100 valence electrons. The molecule has 0 heterocycles. The maximum Gasteiger partial charge on any atom is 0.401 e. The Kier molecular flexibility index (Phi) is 4.55. The van der Waals surface area contributed by atoms with E-state index in [1.54, 1.807) is 24.3 Å². The molecule has 1 amide bonds. The molecule has 0 aliphatic rings. The number of benzene rings is 1. The fourth-order valence-electron chi connectivity index (χ4n) is 1.52. The van der Waals surface area contributed by atoms with E-state index in [0.29, 0.717) is 11.3 Å². The Labute approximate surface area is 102 Å². The predicted octanol–water partition coefficient (Wildman–Crippen LogP) is 1.12. The van der Waals surface area contributed by atoms with Crippen molar-refractivity contribution in [2.45, 2.75) is 12.7 Å². The number of primary amides is 1. The van der Waals surface area contributed by atoms with Crippen LogP contribution in [0.2, 0.25) is 0 Å². The van der Waals surface area contributed by atoms with Crippen molar-refractivity contribution in [3.8, 4) is 0 Å². The molecule has 0 aliphatic carbocycles. The number of carbonyl (C=O) groups is 1. The van der Waals surface area contributed by atoms with Gasteiger partial charge in [-0.25, -0.2) is 0 Å². The van der Waals surface area contributed by atoms with E-state index in [1.807, 2.05) is 0 Å². The first-order valence-electron chi connectivity index (χ1n) is 5.18. The number of amides is 1. The lowest BCUT2D eigenvalue weighted by Gasteiger charge is -2.22.